The highest BCUT2D eigenvalue weighted by Gasteiger charge is 2.39. The Labute approximate surface area is 138 Å². The van der Waals surface area contributed by atoms with Crippen LogP contribution in [0.2, 0.25) is 5.02 Å². The summed E-state index contributed by atoms with van der Waals surface area (Å²) in [4.78, 5) is 13.6. The van der Waals surface area contributed by atoms with E-state index in [2.05, 4.69) is 15.9 Å². The Morgan fingerprint density at radius 2 is 2.19 bits per heavy atom. The number of thiocyanates is 1. The minimum Gasteiger partial charge on any atom is -0.309 e. The van der Waals surface area contributed by atoms with E-state index in [1.54, 1.807) is 0 Å². The molecule has 0 aliphatic carbocycles. The van der Waals surface area contributed by atoms with E-state index in [1.165, 1.54) is 12.1 Å². The van der Waals surface area contributed by atoms with Gasteiger partial charge in [0.1, 0.15) is 10.7 Å². The van der Waals surface area contributed by atoms with Gasteiger partial charge in [-0.25, -0.2) is 0 Å². The van der Waals surface area contributed by atoms with Crippen LogP contribution in [-0.2, 0) is 15.0 Å². The molecule has 0 spiro atoms. The number of anilines is 1. The van der Waals surface area contributed by atoms with Gasteiger partial charge in [0, 0.05) is 22.3 Å². The summed E-state index contributed by atoms with van der Waals surface area (Å²) >= 11 is 10.2. The number of carbonyl (C=O) groups is 1. The molecule has 10 heteroatoms. The monoisotopic (exact) mass is 412 g/mol. The molecule has 1 aliphatic rings. The number of benzene rings is 1. The van der Waals surface area contributed by atoms with E-state index in [0.29, 0.717) is 9.37 Å². The van der Waals surface area contributed by atoms with E-state index in [4.69, 9.17) is 16.9 Å². The van der Waals surface area contributed by atoms with E-state index in [1.807, 2.05) is 5.40 Å². The summed E-state index contributed by atoms with van der Waals surface area (Å²) in [6, 6.07) is 2.99. The van der Waals surface area contributed by atoms with Crippen molar-refractivity contribution >= 4 is 61.1 Å². The Bertz CT molecular complexity index is 751. The van der Waals surface area contributed by atoms with E-state index in [9.17, 15) is 17.1 Å². The molecule has 1 atom stereocenters. The number of carbonyl (C=O) groups excluding carboxylic acids is 1. The Morgan fingerprint density at radius 3 is 2.71 bits per heavy atom. The van der Waals surface area contributed by atoms with Crippen molar-refractivity contribution < 1.29 is 17.1 Å². The first kappa shape index (κ1) is 16.5. The van der Waals surface area contributed by atoms with Gasteiger partial charge in [0.15, 0.2) is 0 Å². The Morgan fingerprint density at radius 1 is 1.52 bits per heavy atom. The van der Waals surface area contributed by atoms with Crippen LogP contribution in [0.1, 0.15) is 6.42 Å². The van der Waals surface area contributed by atoms with Crippen molar-refractivity contribution in [3.8, 4) is 5.40 Å². The number of hydrogen-bond donors (Lipinski definition) is 0. The molecule has 1 saturated heterocycles. The molecule has 0 N–H and O–H groups in total. The average Bonchev–Trinajstić information content (AvgIpc) is 2.76. The molecule has 21 heavy (non-hydrogen) atoms. The summed E-state index contributed by atoms with van der Waals surface area (Å²) in [5, 5.41) is 9.35. The van der Waals surface area contributed by atoms with Crippen molar-refractivity contribution in [2.45, 2.75) is 16.6 Å². The molecule has 0 bridgehead atoms. The first-order valence-corrected chi connectivity index (χ1v) is 8.96. The maximum Gasteiger partial charge on any atom is 0.307 e. The minimum atomic E-state index is -4.78. The predicted octanol–water partition coefficient (Wildman–Crippen LogP) is 3.08. The summed E-state index contributed by atoms with van der Waals surface area (Å²) < 4.78 is 35.4. The molecule has 0 aromatic heterocycles. The van der Waals surface area contributed by atoms with Gasteiger partial charge >= 0.3 is 10.2 Å². The zero-order valence-corrected chi connectivity index (χ0v) is 14.2. The summed E-state index contributed by atoms with van der Waals surface area (Å²) in [6.07, 6.45) is -0.415. The largest absolute Gasteiger partial charge is 0.309 e. The van der Waals surface area contributed by atoms with Crippen molar-refractivity contribution in [1.29, 1.82) is 5.26 Å². The lowest BCUT2D eigenvalue weighted by Crippen LogP contribution is -2.27. The van der Waals surface area contributed by atoms with Gasteiger partial charge in [0.05, 0.1) is 10.7 Å². The molecule has 1 aromatic carbocycles. The van der Waals surface area contributed by atoms with Crippen LogP contribution in [0.25, 0.3) is 0 Å². The average molecular weight is 414 g/mol. The van der Waals surface area contributed by atoms with Gasteiger partial charge in [0.2, 0.25) is 5.91 Å². The Balaban J connectivity index is 2.38. The topological polar surface area (TPSA) is 78.2 Å². The molecule has 0 saturated carbocycles. The van der Waals surface area contributed by atoms with Crippen molar-refractivity contribution in [2.75, 3.05) is 11.4 Å². The molecule has 1 aliphatic heterocycles. The molecule has 1 fully saturated rings. The fraction of sp³-hybridized carbons (Fsp3) is 0.273. The molecule has 112 valence electrons. The van der Waals surface area contributed by atoms with Gasteiger partial charge in [-0.2, -0.15) is 13.7 Å². The first-order valence-electron chi connectivity index (χ1n) is 5.53. The molecule has 5 nitrogen and oxygen atoms in total. The summed E-state index contributed by atoms with van der Waals surface area (Å²) in [7, 11) is -4.78. The lowest BCUT2D eigenvalue weighted by atomic mass is 10.3. The Kier molecular flexibility index (Phi) is 4.82. The van der Waals surface area contributed by atoms with E-state index < -0.39 is 27.8 Å². The molecule has 0 radical (unpaired) electrons. The second-order valence-corrected chi connectivity index (χ2v) is 7.94. The van der Waals surface area contributed by atoms with Gasteiger partial charge in [-0.3, -0.25) is 4.79 Å². The van der Waals surface area contributed by atoms with E-state index >= 15 is 0 Å². The third-order valence-corrected chi connectivity index (χ3v) is 5.92. The van der Waals surface area contributed by atoms with Crippen molar-refractivity contribution in [3.63, 3.8) is 0 Å². The summed E-state index contributed by atoms with van der Waals surface area (Å²) in [5.74, 6) is -0.518. The number of halogens is 3. The van der Waals surface area contributed by atoms with E-state index in [-0.39, 0.29) is 17.3 Å². The van der Waals surface area contributed by atoms with E-state index in [0.717, 1.165) is 16.7 Å². The summed E-state index contributed by atoms with van der Waals surface area (Å²) in [5.41, 5.74) is 0.280. The number of nitriles is 1. The van der Waals surface area contributed by atoms with Gasteiger partial charge in [-0.15, -0.1) is 3.89 Å². The standard InChI is InChI=1S/C11H7BrClFN2O3S2/c12-7-2-9(8(13)3-10(7)20-5-15)16-4-6(1-11(16)17)21(14,18)19/h2-3,6H,1,4H2. The minimum absolute atomic E-state index is 0.182. The van der Waals surface area contributed by atoms with Crippen LogP contribution in [0.3, 0.4) is 0 Å². The normalized spacial score (nSPS) is 18.9. The van der Waals surface area contributed by atoms with Crippen LogP contribution in [-0.4, -0.2) is 26.1 Å². The molecular weight excluding hydrogens is 407 g/mol. The van der Waals surface area contributed by atoms with Crippen molar-refractivity contribution in [1.82, 2.24) is 0 Å². The number of hydrogen-bond acceptors (Lipinski definition) is 5. The number of thioether (sulfide) groups is 1. The maximum atomic E-state index is 13.0. The quantitative estimate of drug-likeness (QED) is 0.432. The van der Waals surface area contributed by atoms with Crippen molar-refractivity contribution in [3.05, 3.63) is 21.6 Å². The van der Waals surface area contributed by atoms with Gasteiger partial charge in [-0.1, -0.05) is 11.6 Å². The lowest BCUT2D eigenvalue weighted by Gasteiger charge is -2.18. The molecular formula is C11H7BrClFN2O3S2. The number of rotatable bonds is 3. The molecule has 1 unspecified atom stereocenters. The van der Waals surface area contributed by atoms with Crippen LogP contribution >= 0.6 is 39.3 Å². The second kappa shape index (κ2) is 6.12. The number of amides is 1. The zero-order valence-electron chi connectivity index (χ0n) is 10.2. The molecule has 1 heterocycles. The highest BCUT2D eigenvalue weighted by atomic mass is 79.9. The van der Waals surface area contributed by atoms with Gasteiger partial charge < -0.3 is 4.90 Å². The number of nitrogens with zero attached hydrogens (tertiary/aromatic N) is 2. The van der Waals surface area contributed by atoms with Crippen LogP contribution in [0.5, 0.6) is 0 Å². The predicted molar refractivity (Wildman–Crippen MR) is 81.4 cm³/mol. The van der Waals surface area contributed by atoms with Crippen LogP contribution in [0.4, 0.5) is 9.57 Å². The fourth-order valence-electron chi connectivity index (χ4n) is 1.95. The first-order chi connectivity index (χ1) is 9.74. The van der Waals surface area contributed by atoms with Crippen molar-refractivity contribution in [2.24, 2.45) is 0 Å². The lowest BCUT2D eigenvalue weighted by molar-refractivity contribution is -0.117. The van der Waals surface area contributed by atoms with Crippen LogP contribution in [0, 0.1) is 10.7 Å². The third-order valence-electron chi connectivity index (χ3n) is 2.94. The molecule has 1 aromatic rings. The highest BCUT2D eigenvalue weighted by molar-refractivity contribution is 9.10. The zero-order chi connectivity index (χ0) is 15.8. The van der Waals surface area contributed by atoms with Crippen LogP contribution in [0.15, 0.2) is 21.5 Å². The summed E-state index contributed by atoms with van der Waals surface area (Å²) in [6.45, 7) is -0.283. The highest BCUT2D eigenvalue weighted by Crippen LogP contribution is 2.38. The SMILES string of the molecule is N#CSc1cc(Cl)c(N2CC(S(=O)(=O)F)CC2=O)cc1Br. The molecule has 2 rings (SSSR count). The maximum absolute atomic E-state index is 13.0. The van der Waals surface area contributed by atoms with Crippen LogP contribution < -0.4 is 4.90 Å². The smallest absolute Gasteiger partial charge is 0.307 e. The molecule has 1 amide bonds. The van der Waals surface area contributed by atoms with Gasteiger partial charge in [0.25, 0.3) is 0 Å². The Hall–Kier alpha value is -0.820. The third kappa shape index (κ3) is 3.51. The second-order valence-electron chi connectivity index (χ2n) is 4.23. The van der Waals surface area contributed by atoms with Gasteiger partial charge in [-0.05, 0) is 39.8 Å². The fourth-order valence-corrected chi connectivity index (χ4v) is 3.95.